The molecule has 0 aliphatic carbocycles. The van der Waals surface area contributed by atoms with Crippen molar-refractivity contribution in [3.8, 4) is 11.5 Å². The third-order valence-electron chi connectivity index (χ3n) is 2.33. The molecule has 94 valence electrons. The molecule has 0 aliphatic rings. The predicted octanol–water partition coefficient (Wildman–Crippen LogP) is 3.35. The summed E-state index contributed by atoms with van der Waals surface area (Å²) in [5, 5.41) is 0. The van der Waals surface area contributed by atoms with Gasteiger partial charge >= 0.3 is 0 Å². The number of pyridine rings is 1. The largest absolute Gasteiger partial charge is 0.454 e. The van der Waals surface area contributed by atoms with E-state index in [1.807, 2.05) is 0 Å². The summed E-state index contributed by atoms with van der Waals surface area (Å²) in [6.45, 7) is 3.58. The normalized spacial score (nSPS) is 10.4. The summed E-state index contributed by atoms with van der Waals surface area (Å²) in [5.41, 5.74) is 6.48. The molecular weight excluding hydrogens is 238 g/mol. The van der Waals surface area contributed by atoms with Gasteiger partial charge in [0.25, 0.3) is 0 Å². The number of ether oxygens (including phenoxy) is 1. The van der Waals surface area contributed by atoms with Crippen LogP contribution >= 0.6 is 0 Å². The standard InChI is InChI=1S/C13H12F2N2O/c1-7-3-9(4-8(2)17-7)18-13-6-10(14)12(16)5-11(13)15/h3-6H,16H2,1-2H3. The molecule has 0 atom stereocenters. The van der Waals surface area contributed by atoms with Crippen molar-refractivity contribution in [3.63, 3.8) is 0 Å². The maximum Gasteiger partial charge on any atom is 0.167 e. The zero-order valence-electron chi connectivity index (χ0n) is 10.00. The van der Waals surface area contributed by atoms with Crippen molar-refractivity contribution in [2.75, 3.05) is 5.73 Å². The smallest absolute Gasteiger partial charge is 0.167 e. The number of aryl methyl sites for hydroxylation is 2. The lowest BCUT2D eigenvalue weighted by atomic mass is 10.2. The van der Waals surface area contributed by atoms with Gasteiger partial charge in [-0.2, -0.15) is 0 Å². The van der Waals surface area contributed by atoms with Crippen LogP contribution in [0.15, 0.2) is 24.3 Å². The summed E-state index contributed by atoms with van der Waals surface area (Å²) >= 11 is 0. The maximum atomic E-state index is 13.5. The molecule has 0 saturated heterocycles. The highest BCUT2D eigenvalue weighted by Gasteiger charge is 2.10. The zero-order chi connectivity index (χ0) is 13.3. The molecule has 0 saturated carbocycles. The average Bonchev–Trinajstić information content (AvgIpc) is 2.24. The van der Waals surface area contributed by atoms with Crippen LogP contribution in [0.2, 0.25) is 0 Å². The first-order valence-corrected chi connectivity index (χ1v) is 5.33. The molecule has 0 aliphatic heterocycles. The molecule has 0 fully saturated rings. The van der Waals surface area contributed by atoms with Gasteiger partial charge < -0.3 is 10.5 Å². The SMILES string of the molecule is Cc1cc(Oc2cc(F)c(N)cc2F)cc(C)n1. The first kappa shape index (κ1) is 12.3. The van der Waals surface area contributed by atoms with Crippen LogP contribution in [0.25, 0.3) is 0 Å². The lowest BCUT2D eigenvalue weighted by Crippen LogP contribution is -1.96. The molecule has 0 bridgehead atoms. The topological polar surface area (TPSA) is 48.1 Å². The molecule has 1 aromatic heterocycles. The van der Waals surface area contributed by atoms with Gasteiger partial charge in [-0.15, -0.1) is 0 Å². The summed E-state index contributed by atoms with van der Waals surface area (Å²) in [7, 11) is 0. The minimum Gasteiger partial charge on any atom is -0.454 e. The Morgan fingerprint density at radius 1 is 1.00 bits per heavy atom. The Balaban J connectivity index is 2.36. The van der Waals surface area contributed by atoms with E-state index in [1.54, 1.807) is 26.0 Å². The zero-order valence-corrected chi connectivity index (χ0v) is 10.00. The second-order valence-corrected chi connectivity index (χ2v) is 3.99. The molecule has 1 heterocycles. The highest BCUT2D eigenvalue weighted by atomic mass is 19.1. The first-order valence-electron chi connectivity index (χ1n) is 5.33. The number of rotatable bonds is 2. The van der Waals surface area contributed by atoms with E-state index in [4.69, 9.17) is 10.5 Å². The number of halogens is 2. The predicted molar refractivity (Wildman–Crippen MR) is 64.6 cm³/mol. The third-order valence-corrected chi connectivity index (χ3v) is 2.33. The van der Waals surface area contributed by atoms with Gasteiger partial charge in [-0.3, -0.25) is 4.98 Å². The van der Waals surface area contributed by atoms with E-state index in [0.29, 0.717) is 5.75 Å². The third kappa shape index (κ3) is 2.56. The fourth-order valence-electron chi connectivity index (χ4n) is 1.60. The monoisotopic (exact) mass is 250 g/mol. The first-order chi connectivity index (χ1) is 8.45. The Hall–Kier alpha value is -2.17. The summed E-state index contributed by atoms with van der Waals surface area (Å²) in [5.74, 6) is -1.22. The van der Waals surface area contributed by atoms with Gasteiger partial charge in [0.1, 0.15) is 11.6 Å². The van der Waals surface area contributed by atoms with Crippen LogP contribution in [0, 0.1) is 25.5 Å². The van der Waals surface area contributed by atoms with E-state index in [0.717, 1.165) is 23.5 Å². The van der Waals surface area contributed by atoms with E-state index in [9.17, 15) is 8.78 Å². The van der Waals surface area contributed by atoms with Crippen molar-refractivity contribution in [1.29, 1.82) is 0 Å². The fourth-order valence-corrected chi connectivity index (χ4v) is 1.60. The van der Waals surface area contributed by atoms with Crippen molar-refractivity contribution in [2.45, 2.75) is 13.8 Å². The van der Waals surface area contributed by atoms with Crippen LogP contribution in [-0.2, 0) is 0 Å². The summed E-state index contributed by atoms with van der Waals surface area (Å²) < 4.78 is 32.1. The second-order valence-electron chi connectivity index (χ2n) is 3.99. The molecule has 0 unspecified atom stereocenters. The summed E-state index contributed by atoms with van der Waals surface area (Å²) in [6, 6.07) is 5.10. The molecule has 0 spiro atoms. The maximum absolute atomic E-state index is 13.5. The van der Waals surface area contributed by atoms with Gasteiger partial charge in [0.15, 0.2) is 11.6 Å². The van der Waals surface area contributed by atoms with E-state index in [1.165, 1.54) is 0 Å². The lowest BCUT2D eigenvalue weighted by Gasteiger charge is -2.09. The fraction of sp³-hybridized carbons (Fsp3) is 0.154. The van der Waals surface area contributed by atoms with E-state index < -0.39 is 11.6 Å². The van der Waals surface area contributed by atoms with Crippen LogP contribution in [0.1, 0.15) is 11.4 Å². The second kappa shape index (κ2) is 4.60. The van der Waals surface area contributed by atoms with Crippen LogP contribution < -0.4 is 10.5 Å². The van der Waals surface area contributed by atoms with Crippen molar-refractivity contribution < 1.29 is 13.5 Å². The number of hydrogen-bond donors (Lipinski definition) is 1. The van der Waals surface area contributed by atoms with Gasteiger partial charge in [0.05, 0.1) is 5.69 Å². The number of aromatic nitrogens is 1. The minimum absolute atomic E-state index is 0.202. The Bertz CT molecular complexity index is 580. The highest BCUT2D eigenvalue weighted by molar-refractivity contribution is 5.46. The van der Waals surface area contributed by atoms with E-state index in [-0.39, 0.29) is 11.4 Å². The summed E-state index contributed by atoms with van der Waals surface area (Å²) in [6.07, 6.45) is 0. The highest BCUT2D eigenvalue weighted by Crippen LogP contribution is 2.28. The van der Waals surface area contributed by atoms with Crippen molar-refractivity contribution in [3.05, 3.63) is 47.3 Å². The number of nitrogens with zero attached hydrogens (tertiary/aromatic N) is 1. The molecule has 18 heavy (non-hydrogen) atoms. The Morgan fingerprint density at radius 2 is 1.61 bits per heavy atom. The number of benzene rings is 1. The molecule has 3 nitrogen and oxygen atoms in total. The quantitative estimate of drug-likeness (QED) is 0.831. The van der Waals surface area contributed by atoms with Gasteiger partial charge in [0.2, 0.25) is 0 Å². The Morgan fingerprint density at radius 3 is 2.22 bits per heavy atom. The van der Waals surface area contributed by atoms with Gasteiger partial charge in [-0.05, 0) is 13.8 Å². The Kier molecular flexibility index (Phi) is 3.14. The van der Waals surface area contributed by atoms with Gasteiger partial charge in [-0.25, -0.2) is 8.78 Å². The van der Waals surface area contributed by atoms with Crippen molar-refractivity contribution >= 4 is 5.69 Å². The molecule has 1 aromatic carbocycles. The minimum atomic E-state index is -0.714. The van der Waals surface area contributed by atoms with E-state index in [2.05, 4.69) is 4.98 Å². The van der Waals surface area contributed by atoms with E-state index >= 15 is 0 Å². The Labute approximate surface area is 103 Å². The van der Waals surface area contributed by atoms with Gasteiger partial charge in [-0.1, -0.05) is 0 Å². The molecular formula is C13H12F2N2O. The lowest BCUT2D eigenvalue weighted by molar-refractivity contribution is 0.436. The summed E-state index contributed by atoms with van der Waals surface area (Å²) in [4.78, 5) is 4.16. The van der Waals surface area contributed by atoms with Crippen molar-refractivity contribution in [2.24, 2.45) is 0 Å². The number of nitrogens with two attached hydrogens (primary N) is 1. The number of anilines is 1. The van der Waals surface area contributed by atoms with Crippen LogP contribution in [0.5, 0.6) is 11.5 Å². The average molecular weight is 250 g/mol. The molecule has 5 heteroatoms. The molecule has 0 radical (unpaired) electrons. The van der Waals surface area contributed by atoms with Crippen LogP contribution in [0.4, 0.5) is 14.5 Å². The molecule has 2 aromatic rings. The van der Waals surface area contributed by atoms with Crippen LogP contribution in [-0.4, -0.2) is 4.98 Å². The number of nitrogen functional groups attached to an aromatic ring is 1. The van der Waals surface area contributed by atoms with Gasteiger partial charge in [0, 0.05) is 35.7 Å². The molecule has 0 amide bonds. The molecule has 2 rings (SSSR count). The van der Waals surface area contributed by atoms with Crippen molar-refractivity contribution in [1.82, 2.24) is 4.98 Å². The molecule has 2 N–H and O–H groups in total. The van der Waals surface area contributed by atoms with Crippen LogP contribution in [0.3, 0.4) is 0 Å². The number of hydrogen-bond acceptors (Lipinski definition) is 3.